The topological polar surface area (TPSA) is 80.1 Å². The van der Waals surface area contributed by atoms with Crippen LogP contribution in [0.3, 0.4) is 0 Å². The molecule has 0 saturated carbocycles. The second-order valence-corrected chi connectivity index (χ2v) is 7.41. The molecule has 7 nitrogen and oxygen atoms in total. The van der Waals surface area contributed by atoms with Gasteiger partial charge in [0.15, 0.2) is 0 Å². The van der Waals surface area contributed by atoms with Gasteiger partial charge in [-0.3, -0.25) is 9.59 Å². The van der Waals surface area contributed by atoms with Gasteiger partial charge >= 0.3 is 0 Å². The quantitative estimate of drug-likeness (QED) is 0.780. The van der Waals surface area contributed by atoms with E-state index in [1.807, 2.05) is 4.90 Å². The number of aromatic nitrogens is 3. The number of hydrogen-bond acceptors (Lipinski definition) is 4. The number of rotatable bonds is 6. The van der Waals surface area contributed by atoms with Gasteiger partial charge in [0.25, 0.3) is 0 Å². The van der Waals surface area contributed by atoms with Gasteiger partial charge in [0.2, 0.25) is 11.8 Å². The van der Waals surface area contributed by atoms with Crippen molar-refractivity contribution in [3.63, 3.8) is 0 Å². The third kappa shape index (κ3) is 4.14. The van der Waals surface area contributed by atoms with Crippen LogP contribution in [-0.4, -0.2) is 50.8 Å². The lowest BCUT2D eigenvalue weighted by molar-refractivity contribution is -0.137. The highest BCUT2D eigenvalue weighted by molar-refractivity contribution is 5.86. The number of carbonyl (C=O) groups is 2. The van der Waals surface area contributed by atoms with E-state index in [9.17, 15) is 9.59 Å². The van der Waals surface area contributed by atoms with Gasteiger partial charge in [0, 0.05) is 19.1 Å². The van der Waals surface area contributed by atoms with Crippen molar-refractivity contribution in [2.75, 3.05) is 13.1 Å². The van der Waals surface area contributed by atoms with Gasteiger partial charge in [0.05, 0.1) is 11.4 Å². The van der Waals surface area contributed by atoms with E-state index in [1.54, 1.807) is 4.68 Å². The molecular formula is C19H29N5O2. The predicted molar refractivity (Wildman–Crippen MR) is 98.4 cm³/mol. The molecule has 0 aromatic carbocycles. The maximum atomic E-state index is 13.0. The fourth-order valence-corrected chi connectivity index (χ4v) is 4.18. The zero-order valence-electron chi connectivity index (χ0n) is 15.6. The lowest BCUT2D eigenvalue weighted by Gasteiger charge is -2.40. The molecule has 0 bridgehead atoms. The SMILES string of the molecule is C=CC(=O)NCCC1C(C)CCCN1C(=O)Cn1nnc2c1CCCC2. The van der Waals surface area contributed by atoms with Gasteiger partial charge in [-0.25, -0.2) is 4.68 Å². The third-order valence-corrected chi connectivity index (χ3v) is 5.64. The molecule has 26 heavy (non-hydrogen) atoms. The molecule has 7 heteroatoms. The number of piperidine rings is 1. The highest BCUT2D eigenvalue weighted by atomic mass is 16.2. The fourth-order valence-electron chi connectivity index (χ4n) is 4.18. The van der Waals surface area contributed by atoms with Crippen molar-refractivity contribution in [3.8, 4) is 0 Å². The van der Waals surface area contributed by atoms with Crippen molar-refractivity contribution in [2.45, 2.75) is 64.5 Å². The van der Waals surface area contributed by atoms with Crippen molar-refractivity contribution in [1.29, 1.82) is 0 Å². The normalized spacial score (nSPS) is 22.6. The van der Waals surface area contributed by atoms with E-state index in [0.29, 0.717) is 12.5 Å². The van der Waals surface area contributed by atoms with Gasteiger partial charge in [-0.05, 0) is 56.9 Å². The van der Waals surface area contributed by atoms with Gasteiger partial charge in [-0.2, -0.15) is 0 Å². The summed E-state index contributed by atoms with van der Waals surface area (Å²) in [5.74, 6) is 0.369. The summed E-state index contributed by atoms with van der Waals surface area (Å²) < 4.78 is 1.80. The average molecular weight is 359 g/mol. The molecule has 2 atom stereocenters. The number of nitrogens with zero attached hydrogens (tertiary/aromatic N) is 4. The monoisotopic (exact) mass is 359 g/mol. The molecule has 1 saturated heterocycles. The Balaban J connectivity index is 1.64. The van der Waals surface area contributed by atoms with Crippen LogP contribution in [0, 0.1) is 5.92 Å². The van der Waals surface area contributed by atoms with Gasteiger partial charge < -0.3 is 10.2 Å². The molecule has 1 aliphatic heterocycles. The lowest BCUT2D eigenvalue weighted by Crippen LogP contribution is -2.50. The maximum Gasteiger partial charge on any atom is 0.244 e. The van der Waals surface area contributed by atoms with Crippen molar-refractivity contribution in [1.82, 2.24) is 25.2 Å². The highest BCUT2D eigenvalue weighted by Crippen LogP contribution is 2.26. The summed E-state index contributed by atoms with van der Waals surface area (Å²) in [6.07, 6.45) is 8.41. The fraction of sp³-hybridized carbons (Fsp3) is 0.684. The van der Waals surface area contributed by atoms with Crippen molar-refractivity contribution in [2.24, 2.45) is 5.92 Å². The Kier molecular flexibility index (Phi) is 6.06. The molecule has 1 fully saturated rings. The summed E-state index contributed by atoms with van der Waals surface area (Å²) >= 11 is 0. The van der Waals surface area contributed by atoms with Crippen molar-refractivity contribution < 1.29 is 9.59 Å². The van der Waals surface area contributed by atoms with Crippen LogP contribution < -0.4 is 5.32 Å². The number of nitrogens with one attached hydrogen (secondary N) is 1. The van der Waals surface area contributed by atoms with E-state index in [2.05, 4.69) is 29.1 Å². The van der Waals surface area contributed by atoms with Crippen LogP contribution in [0.25, 0.3) is 0 Å². The Morgan fingerprint density at radius 3 is 2.92 bits per heavy atom. The first-order chi connectivity index (χ1) is 12.6. The second-order valence-electron chi connectivity index (χ2n) is 7.41. The number of likely N-dealkylation sites (tertiary alicyclic amines) is 1. The Morgan fingerprint density at radius 1 is 1.31 bits per heavy atom. The minimum absolute atomic E-state index is 0.106. The highest BCUT2D eigenvalue weighted by Gasteiger charge is 2.32. The van der Waals surface area contributed by atoms with Crippen molar-refractivity contribution >= 4 is 11.8 Å². The average Bonchev–Trinajstić information content (AvgIpc) is 3.05. The molecule has 2 aliphatic rings. The van der Waals surface area contributed by atoms with E-state index in [4.69, 9.17) is 0 Å². The zero-order chi connectivity index (χ0) is 18.5. The summed E-state index contributed by atoms with van der Waals surface area (Å²) in [5.41, 5.74) is 2.18. The predicted octanol–water partition coefficient (Wildman–Crippen LogP) is 1.48. The standard InChI is InChI=1S/C19H29N5O2/c1-3-18(25)20-11-10-16-14(2)7-6-12-23(16)19(26)13-24-17-9-5-4-8-15(17)21-22-24/h3,14,16H,1,4-13H2,2H3,(H,20,25). The molecule has 3 rings (SSSR count). The molecule has 1 aliphatic carbocycles. The first-order valence-electron chi connectivity index (χ1n) is 9.71. The molecule has 1 aromatic rings. The Bertz CT molecular complexity index is 669. The molecule has 0 radical (unpaired) electrons. The summed E-state index contributed by atoms with van der Waals surface area (Å²) in [6, 6.07) is 0.153. The van der Waals surface area contributed by atoms with E-state index < -0.39 is 0 Å². The molecular weight excluding hydrogens is 330 g/mol. The second kappa shape index (κ2) is 8.47. The van der Waals surface area contributed by atoms with Crippen LogP contribution in [0.2, 0.25) is 0 Å². The minimum atomic E-state index is -0.166. The first kappa shape index (κ1) is 18.6. The van der Waals surface area contributed by atoms with Crippen LogP contribution in [0.4, 0.5) is 0 Å². The molecule has 142 valence electrons. The molecule has 1 N–H and O–H groups in total. The van der Waals surface area contributed by atoms with Gasteiger partial charge in [-0.15, -0.1) is 5.10 Å². The minimum Gasteiger partial charge on any atom is -0.352 e. The number of fused-ring (bicyclic) bond motifs is 1. The summed E-state index contributed by atoms with van der Waals surface area (Å²) in [6.45, 7) is 7.26. The molecule has 2 amide bonds. The first-order valence-corrected chi connectivity index (χ1v) is 9.71. The van der Waals surface area contributed by atoms with Gasteiger partial charge in [-0.1, -0.05) is 18.7 Å². The maximum absolute atomic E-state index is 13.0. The Morgan fingerprint density at radius 2 is 2.12 bits per heavy atom. The number of amides is 2. The summed E-state index contributed by atoms with van der Waals surface area (Å²) in [5, 5.41) is 11.3. The summed E-state index contributed by atoms with van der Waals surface area (Å²) in [4.78, 5) is 26.4. The van der Waals surface area contributed by atoms with Crippen LogP contribution >= 0.6 is 0 Å². The Labute approximate surface area is 154 Å². The number of carbonyl (C=O) groups excluding carboxylic acids is 2. The van der Waals surface area contributed by atoms with Crippen LogP contribution in [-0.2, 0) is 29.0 Å². The molecule has 2 unspecified atom stereocenters. The smallest absolute Gasteiger partial charge is 0.244 e. The molecule has 1 aromatic heterocycles. The zero-order valence-corrected chi connectivity index (χ0v) is 15.6. The van der Waals surface area contributed by atoms with Gasteiger partial charge in [0.1, 0.15) is 6.54 Å². The number of aryl methyl sites for hydroxylation is 1. The molecule has 0 spiro atoms. The van der Waals surface area contributed by atoms with Crippen molar-refractivity contribution in [3.05, 3.63) is 24.0 Å². The van der Waals surface area contributed by atoms with Crippen LogP contribution in [0.15, 0.2) is 12.7 Å². The number of hydrogen-bond donors (Lipinski definition) is 1. The van der Waals surface area contributed by atoms with E-state index >= 15 is 0 Å². The Hall–Kier alpha value is -2.18. The van der Waals surface area contributed by atoms with E-state index in [0.717, 1.165) is 62.9 Å². The lowest BCUT2D eigenvalue weighted by atomic mass is 9.88. The molecule has 2 heterocycles. The van der Waals surface area contributed by atoms with E-state index in [-0.39, 0.29) is 24.4 Å². The largest absolute Gasteiger partial charge is 0.352 e. The third-order valence-electron chi connectivity index (χ3n) is 5.64. The van der Waals surface area contributed by atoms with Crippen LogP contribution in [0.1, 0.15) is 50.4 Å². The van der Waals surface area contributed by atoms with Crippen LogP contribution in [0.5, 0.6) is 0 Å². The summed E-state index contributed by atoms with van der Waals surface area (Å²) in [7, 11) is 0. The van der Waals surface area contributed by atoms with E-state index in [1.165, 1.54) is 6.08 Å².